The number of fused-ring (bicyclic) bond motifs is 1. The predicted molar refractivity (Wildman–Crippen MR) is 119 cm³/mol. The van der Waals surface area contributed by atoms with E-state index in [0.717, 1.165) is 26.4 Å². The van der Waals surface area contributed by atoms with Gasteiger partial charge >= 0.3 is 6.09 Å². The van der Waals surface area contributed by atoms with Gasteiger partial charge < -0.3 is 9.64 Å². The van der Waals surface area contributed by atoms with Gasteiger partial charge in [-0.05, 0) is 17.7 Å². The van der Waals surface area contributed by atoms with Crippen molar-refractivity contribution < 1.29 is 14.4 Å². The molecule has 154 valence electrons. The van der Waals surface area contributed by atoms with E-state index in [0.29, 0.717) is 19.7 Å². The summed E-state index contributed by atoms with van der Waals surface area (Å²) in [7, 11) is 0. The highest BCUT2D eigenvalue weighted by molar-refractivity contribution is 7.19. The Morgan fingerprint density at radius 2 is 2.03 bits per heavy atom. The zero-order valence-electron chi connectivity index (χ0n) is 16.5. The smallest absolute Gasteiger partial charge is 0.410 e. The summed E-state index contributed by atoms with van der Waals surface area (Å²) in [6, 6.07) is 17.5. The number of nitrogens with zero attached hydrogens (tertiary/aromatic N) is 2. The van der Waals surface area contributed by atoms with Gasteiger partial charge in [0.25, 0.3) is 0 Å². The van der Waals surface area contributed by atoms with Crippen LogP contribution < -0.4 is 5.48 Å². The first-order chi connectivity index (χ1) is 14.7. The summed E-state index contributed by atoms with van der Waals surface area (Å²) in [5.41, 5.74) is 5.87. The van der Waals surface area contributed by atoms with E-state index in [4.69, 9.17) is 14.6 Å². The highest BCUT2D eigenvalue weighted by Gasteiger charge is 2.27. The minimum atomic E-state index is -0.360. The van der Waals surface area contributed by atoms with Crippen LogP contribution in [0.3, 0.4) is 0 Å². The van der Waals surface area contributed by atoms with E-state index >= 15 is 0 Å². The lowest BCUT2D eigenvalue weighted by Crippen LogP contribution is -2.46. The molecular weight excluding hydrogens is 398 g/mol. The number of nitrogens with one attached hydrogen (secondary N) is 1. The summed E-state index contributed by atoms with van der Waals surface area (Å²) >= 11 is 1.62. The number of hydroxylamine groups is 1. The Bertz CT molecular complexity index is 1020. The lowest BCUT2D eigenvalue weighted by Gasteiger charge is -2.31. The average molecular weight is 422 g/mol. The normalized spacial score (nSPS) is 16.3. The van der Waals surface area contributed by atoms with Gasteiger partial charge in [-0.1, -0.05) is 54.6 Å². The molecule has 30 heavy (non-hydrogen) atoms. The standard InChI is InChI=1S/C23H23N3O3S/c1-2-12-29-25-19-13-18(22-24-20-10-6-7-11-21(20)30-22)14-26(15-19)23(27)28-16-17-8-4-3-5-9-17/h2-11,13,19,25H,1,12,14-16H2. The molecule has 1 aliphatic heterocycles. The van der Waals surface area contributed by atoms with Crippen LogP contribution in [-0.2, 0) is 16.2 Å². The first kappa shape index (κ1) is 20.3. The third-order valence-electron chi connectivity index (χ3n) is 4.65. The fourth-order valence-corrected chi connectivity index (χ4v) is 4.22. The second-order valence-electron chi connectivity index (χ2n) is 6.92. The van der Waals surface area contributed by atoms with Crippen molar-refractivity contribution in [3.8, 4) is 0 Å². The first-order valence-corrected chi connectivity index (χ1v) is 10.5. The van der Waals surface area contributed by atoms with E-state index in [-0.39, 0.29) is 18.7 Å². The summed E-state index contributed by atoms with van der Waals surface area (Å²) in [4.78, 5) is 24.6. The average Bonchev–Trinajstić information content (AvgIpc) is 3.23. The fraction of sp³-hybridized carbons (Fsp3) is 0.217. The number of ether oxygens (including phenoxy) is 1. The molecule has 0 spiro atoms. The van der Waals surface area contributed by atoms with E-state index in [1.54, 1.807) is 22.3 Å². The Balaban J connectivity index is 1.50. The zero-order chi connectivity index (χ0) is 20.8. The van der Waals surface area contributed by atoms with Crippen molar-refractivity contribution in [2.24, 2.45) is 0 Å². The Hall–Kier alpha value is -3.00. The highest BCUT2D eigenvalue weighted by atomic mass is 32.1. The molecule has 1 N–H and O–H groups in total. The number of para-hydroxylation sites is 1. The molecule has 0 fully saturated rings. The first-order valence-electron chi connectivity index (χ1n) is 9.73. The van der Waals surface area contributed by atoms with Crippen molar-refractivity contribution in [1.29, 1.82) is 0 Å². The second kappa shape index (κ2) is 9.67. The molecule has 1 unspecified atom stereocenters. The number of hydrogen-bond donors (Lipinski definition) is 1. The number of hydrogen-bond acceptors (Lipinski definition) is 6. The van der Waals surface area contributed by atoms with Crippen LogP contribution in [0.1, 0.15) is 10.6 Å². The SMILES string of the molecule is C=CCONC1C=C(c2nc3ccccc3s2)CN(C(=O)OCc2ccccc2)C1. The molecule has 2 heterocycles. The van der Waals surface area contributed by atoms with E-state index in [1.165, 1.54) is 0 Å². The van der Waals surface area contributed by atoms with E-state index in [9.17, 15) is 4.79 Å². The monoisotopic (exact) mass is 421 g/mol. The van der Waals surface area contributed by atoms with Crippen molar-refractivity contribution in [1.82, 2.24) is 15.4 Å². The molecule has 1 aliphatic rings. The van der Waals surface area contributed by atoms with Gasteiger partial charge in [-0.25, -0.2) is 9.78 Å². The summed E-state index contributed by atoms with van der Waals surface area (Å²) < 4.78 is 6.66. The second-order valence-corrected chi connectivity index (χ2v) is 7.95. The van der Waals surface area contributed by atoms with Crippen molar-refractivity contribution in [3.63, 3.8) is 0 Å². The summed E-state index contributed by atoms with van der Waals surface area (Å²) in [6.45, 7) is 5.15. The minimum absolute atomic E-state index is 0.176. The molecule has 0 radical (unpaired) electrons. The molecule has 0 saturated carbocycles. The molecule has 0 saturated heterocycles. The van der Waals surface area contributed by atoms with Gasteiger partial charge in [-0.2, -0.15) is 5.48 Å². The number of thiazole rings is 1. The Morgan fingerprint density at radius 1 is 1.23 bits per heavy atom. The minimum Gasteiger partial charge on any atom is -0.445 e. The molecule has 1 aromatic heterocycles. The molecule has 7 heteroatoms. The lowest BCUT2D eigenvalue weighted by molar-refractivity contribution is 0.0327. The Morgan fingerprint density at radius 3 is 2.83 bits per heavy atom. The van der Waals surface area contributed by atoms with Crippen molar-refractivity contribution >= 4 is 33.2 Å². The summed E-state index contributed by atoms with van der Waals surface area (Å²) in [6.07, 6.45) is 3.38. The van der Waals surface area contributed by atoms with Gasteiger partial charge in [0, 0.05) is 12.1 Å². The maximum absolute atomic E-state index is 12.8. The zero-order valence-corrected chi connectivity index (χ0v) is 17.3. The quantitative estimate of drug-likeness (QED) is 0.348. The molecule has 4 rings (SSSR count). The van der Waals surface area contributed by atoms with Crippen LogP contribution in [0, 0.1) is 0 Å². The van der Waals surface area contributed by atoms with Crippen molar-refractivity contribution in [3.05, 3.63) is 83.9 Å². The maximum Gasteiger partial charge on any atom is 0.410 e. The molecule has 0 bridgehead atoms. The molecule has 0 aliphatic carbocycles. The third-order valence-corrected chi connectivity index (χ3v) is 5.76. The van der Waals surface area contributed by atoms with Gasteiger partial charge in [0.2, 0.25) is 0 Å². The Labute approximate surface area is 179 Å². The van der Waals surface area contributed by atoms with Gasteiger partial charge in [-0.15, -0.1) is 17.9 Å². The molecule has 3 aromatic rings. The molecule has 1 atom stereocenters. The van der Waals surface area contributed by atoms with Crippen LogP contribution in [0.25, 0.3) is 15.8 Å². The highest BCUT2D eigenvalue weighted by Crippen LogP contribution is 2.29. The molecule has 2 aromatic carbocycles. The largest absolute Gasteiger partial charge is 0.445 e. The summed E-state index contributed by atoms with van der Waals surface area (Å²) in [5.74, 6) is 0. The maximum atomic E-state index is 12.8. The van der Waals surface area contributed by atoms with Crippen molar-refractivity contribution in [2.75, 3.05) is 19.7 Å². The number of carbonyl (C=O) groups is 1. The fourth-order valence-electron chi connectivity index (χ4n) is 3.24. The number of rotatable bonds is 7. The number of aromatic nitrogens is 1. The number of benzene rings is 2. The molecular formula is C23H23N3O3S. The van der Waals surface area contributed by atoms with Gasteiger partial charge in [0.05, 0.1) is 29.4 Å². The van der Waals surface area contributed by atoms with Gasteiger partial charge in [-0.3, -0.25) is 4.84 Å². The van der Waals surface area contributed by atoms with E-state index in [2.05, 4.69) is 24.2 Å². The summed E-state index contributed by atoms with van der Waals surface area (Å²) in [5, 5.41) is 0.896. The topological polar surface area (TPSA) is 63.7 Å². The van der Waals surface area contributed by atoms with E-state index < -0.39 is 0 Å². The van der Waals surface area contributed by atoms with Crippen LogP contribution in [0.4, 0.5) is 4.79 Å². The number of amides is 1. The van der Waals surface area contributed by atoms with Crippen LogP contribution >= 0.6 is 11.3 Å². The van der Waals surface area contributed by atoms with Crippen LogP contribution in [0.5, 0.6) is 0 Å². The van der Waals surface area contributed by atoms with Crippen molar-refractivity contribution in [2.45, 2.75) is 12.6 Å². The van der Waals surface area contributed by atoms with Crippen LogP contribution in [-0.4, -0.2) is 41.7 Å². The Kier molecular flexibility index (Phi) is 6.53. The van der Waals surface area contributed by atoms with Crippen LogP contribution in [0.15, 0.2) is 73.3 Å². The number of carbonyl (C=O) groups excluding carboxylic acids is 1. The lowest BCUT2D eigenvalue weighted by atomic mass is 10.1. The molecule has 6 nitrogen and oxygen atoms in total. The van der Waals surface area contributed by atoms with E-state index in [1.807, 2.05) is 48.5 Å². The van der Waals surface area contributed by atoms with Gasteiger partial charge in [0.1, 0.15) is 11.6 Å². The molecule has 1 amide bonds. The predicted octanol–water partition coefficient (Wildman–Crippen LogP) is 4.41. The third kappa shape index (κ3) is 4.94. The van der Waals surface area contributed by atoms with Gasteiger partial charge in [0.15, 0.2) is 0 Å². The van der Waals surface area contributed by atoms with Crippen LogP contribution in [0.2, 0.25) is 0 Å².